The normalized spacial score (nSPS) is 11.8. The first-order valence-corrected chi connectivity index (χ1v) is 50.7. The van der Waals surface area contributed by atoms with Gasteiger partial charge in [-0.3, -0.25) is 0 Å². The molecule has 0 bridgehead atoms. The van der Waals surface area contributed by atoms with E-state index in [1.165, 1.54) is 0 Å². The molecule has 0 rings (SSSR count). The Morgan fingerprint density at radius 1 is 0.112 bits per heavy atom. The molecule has 0 unspecified atom stereocenters. The lowest BCUT2D eigenvalue weighted by molar-refractivity contribution is -0.0330. The minimum Gasteiger partial charge on any atom is -0.465 e. The van der Waals surface area contributed by atoms with Crippen molar-refractivity contribution in [1.29, 1.82) is 0 Å². The molecular formula is C94H189NO48. The molecule has 143 heavy (non-hydrogen) atoms. The molecule has 1 amide bonds. The molecule has 0 radical (unpaired) electrons. The molecule has 0 atom stereocenters. The quantitative estimate of drug-likeness (QED) is 0.0789. The summed E-state index contributed by atoms with van der Waals surface area (Å²) in [6.45, 7) is 43.5. The molecule has 49 nitrogen and oxygen atoms in total. The van der Waals surface area contributed by atoms with Crippen LogP contribution in [0.4, 0.5) is 4.79 Å². The van der Waals surface area contributed by atoms with Crippen molar-refractivity contribution in [3.8, 4) is 0 Å². The lowest BCUT2D eigenvalue weighted by Gasteiger charge is -2.09. The molecule has 0 aliphatic heterocycles. The minimum atomic E-state index is -1.07. The summed E-state index contributed by atoms with van der Waals surface area (Å²) in [6.07, 6.45) is -1.07. The van der Waals surface area contributed by atoms with Crippen LogP contribution < -0.4 is 5.32 Å². The molecule has 0 aromatic carbocycles. The van der Waals surface area contributed by atoms with Crippen LogP contribution >= 0.6 is 0 Å². The maximum atomic E-state index is 10.3. The summed E-state index contributed by atoms with van der Waals surface area (Å²) in [5.41, 5.74) is 0. The summed E-state index contributed by atoms with van der Waals surface area (Å²) >= 11 is 0. The zero-order valence-electron chi connectivity index (χ0n) is 86.7. The molecule has 49 heteroatoms. The number of rotatable bonds is 138. The lowest BCUT2D eigenvalue weighted by Crippen LogP contribution is -2.25. The first-order valence-electron chi connectivity index (χ1n) is 50.7. The number of carboxylic acid groups (broad SMARTS) is 1. The fourth-order valence-corrected chi connectivity index (χ4v) is 10.2. The van der Waals surface area contributed by atoms with E-state index in [4.69, 9.17) is 223 Å². The van der Waals surface area contributed by atoms with E-state index in [2.05, 4.69) is 5.32 Å². The summed E-state index contributed by atoms with van der Waals surface area (Å²) < 4.78 is 253. The Balaban J connectivity index is 3.11. The third kappa shape index (κ3) is 139. The molecule has 2 N–H and O–H groups in total. The number of ether oxygens (including phenoxy) is 46. The SMILES string of the molecule is COCCOCCOCCOCCOCCOCCOCCOCCOCCOCCOCCOCCOCCOCCOCCOCCOCCOCCOCCOCCOCCOCCOCCOCCOCCOCCOCCOCCOCCOCCOCCOCCOCCOCCOCCOCCOCCOCCOCCOCCOCCOCCOCCOCCOCCOCCNC(=O)O. The van der Waals surface area contributed by atoms with Gasteiger partial charge in [0.2, 0.25) is 0 Å². The van der Waals surface area contributed by atoms with Gasteiger partial charge in [0.25, 0.3) is 0 Å². The van der Waals surface area contributed by atoms with Crippen molar-refractivity contribution in [2.45, 2.75) is 0 Å². The van der Waals surface area contributed by atoms with Crippen LogP contribution in [0.25, 0.3) is 0 Å². The van der Waals surface area contributed by atoms with Crippen molar-refractivity contribution in [2.75, 3.05) is 615 Å². The van der Waals surface area contributed by atoms with Crippen LogP contribution in [0.2, 0.25) is 0 Å². The van der Waals surface area contributed by atoms with Crippen LogP contribution in [-0.4, -0.2) is 626 Å². The topological polar surface area (TPSA) is 474 Å². The standard InChI is InChI=1S/C94H189NO48/c1-98-4-5-100-8-9-102-12-13-104-16-17-106-20-21-108-24-25-110-28-29-112-32-33-114-36-37-116-40-41-118-44-45-120-48-49-122-52-53-124-56-57-126-60-61-128-64-65-130-68-69-132-72-73-134-76-77-136-80-81-138-84-85-140-88-89-142-92-93-143-91-90-141-87-86-139-83-82-137-79-78-135-75-74-133-71-70-131-67-66-129-63-62-127-59-58-125-55-54-123-51-50-121-47-46-119-43-42-117-39-38-115-35-34-113-31-30-111-27-26-109-23-22-107-19-18-105-15-14-103-11-10-101-7-6-99-3-2-95-94(96)97/h95H,2-93H2,1H3,(H,96,97). The second kappa shape index (κ2) is 137. The Kier molecular flexibility index (Phi) is 135. The van der Waals surface area contributed by atoms with Gasteiger partial charge in [0.15, 0.2) is 0 Å². The third-order valence-corrected chi connectivity index (χ3v) is 17.3. The van der Waals surface area contributed by atoms with Crippen LogP contribution in [0.1, 0.15) is 0 Å². The fraction of sp³-hybridized carbons (Fsp3) is 0.989. The largest absolute Gasteiger partial charge is 0.465 e. The van der Waals surface area contributed by atoms with E-state index in [0.717, 1.165) is 0 Å². The zero-order chi connectivity index (χ0) is 102. The lowest BCUT2D eigenvalue weighted by atomic mass is 10.6. The predicted molar refractivity (Wildman–Crippen MR) is 515 cm³/mol. The highest BCUT2D eigenvalue weighted by Gasteiger charge is 2.07. The highest BCUT2D eigenvalue weighted by molar-refractivity contribution is 5.64. The second-order valence-electron chi connectivity index (χ2n) is 28.8. The minimum absolute atomic E-state index is 0.246. The smallest absolute Gasteiger partial charge is 0.404 e. The molecule has 0 saturated carbocycles. The third-order valence-electron chi connectivity index (χ3n) is 17.3. The van der Waals surface area contributed by atoms with Gasteiger partial charge in [0, 0.05) is 13.7 Å². The first-order chi connectivity index (χ1) is 71.3. The van der Waals surface area contributed by atoms with Crippen LogP contribution in [0.15, 0.2) is 0 Å². The van der Waals surface area contributed by atoms with E-state index >= 15 is 0 Å². The molecule has 0 aromatic heterocycles. The summed E-state index contributed by atoms with van der Waals surface area (Å²) in [4.78, 5) is 10.3. The van der Waals surface area contributed by atoms with Gasteiger partial charge in [-0.2, -0.15) is 0 Å². The highest BCUT2D eigenvalue weighted by Crippen LogP contribution is 1.98. The Labute approximate surface area is 850 Å². The molecule has 0 saturated heterocycles. The molecule has 858 valence electrons. The number of methoxy groups -OCH3 is 1. The summed E-state index contributed by atoms with van der Waals surface area (Å²) in [6, 6.07) is 0. The number of nitrogens with one attached hydrogen (secondary N) is 1. The molecular weight excluding hydrogens is 1910 g/mol. The first kappa shape index (κ1) is 140. The Bertz CT molecular complexity index is 2000. The molecule has 0 heterocycles. The zero-order valence-corrected chi connectivity index (χ0v) is 86.7. The van der Waals surface area contributed by atoms with Gasteiger partial charge < -0.3 is 228 Å². The molecule has 0 aliphatic carbocycles. The fourth-order valence-electron chi connectivity index (χ4n) is 10.2. The van der Waals surface area contributed by atoms with Crippen molar-refractivity contribution < 1.29 is 228 Å². The van der Waals surface area contributed by atoms with Gasteiger partial charge in [0.1, 0.15) is 0 Å². The highest BCUT2D eigenvalue weighted by atomic mass is 16.7. The van der Waals surface area contributed by atoms with Crippen molar-refractivity contribution in [1.82, 2.24) is 5.32 Å². The average Bonchev–Trinajstić information content (AvgIpc) is 1.09. The van der Waals surface area contributed by atoms with E-state index < -0.39 is 6.09 Å². The van der Waals surface area contributed by atoms with Crippen molar-refractivity contribution in [2.24, 2.45) is 0 Å². The van der Waals surface area contributed by atoms with Crippen LogP contribution in [-0.2, 0) is 218 Å². The van der Waals surface area contributed by atoms with Gasteiger partial charge in [-0.1, -0.05) is 0 Å². The summed E-state index contributed by atoms with van der Waals surface area (Å²) in [7, 11) is 1.64. The number of carbonyl (C=O) groups is 1. The van der Waals surface area contributed by atoms with E-state index in [-0.39, 0.29) is 6.54 Å². The van der Waals surface area contributed by atoms with Crippen molar-refractivity contribution in [3.05, 3.63) is 0 Å². The number of hydrogen-bond acceptors (Lipinski definition) is 47. The Morgan fingerprint density at radius 2 is 0.168 bits per heavy atom. The van der Waals surface area contributed by atoms with Gasteiger partial charge >= 0.3 is 6.09 Å². The second-order valence-corrected chi connectivity index (χ2v) is 28.8. The molecule has 0 fully saturated rings. The van der Waals surface area contributed by atoms with Gasteiger partial charge in [-0.05, 0) is 0 Å². The maximum absolute atomic E-state index is 10.3. The van der Waals surface area contributed by atoms with Crippen LogP contribution in [0.5, 0.6) is 0 Å². The van der Waals surface area contributed by atoms with Gasteiger partial charge in [-0.25, -0.2) is 4.79 Å². The van der Waals surface area contributed by atoms with Crippen LogP contribution in [0.3, 0.4) is 0 Å². The molecule has 0 spiro atoms. The molecule has 0 aromatic rings. The molecule has 0 aliphatic rings. The van der Waals surface area contributed by atoms with Crippen LogP contribution in [0, 0.1) is 0 Å². The predicted octanol–water partition coefficient (Wildman–Crippen LogP) is 0.647. The van der Waals surface area contributed by atoms with E-state index in [1.54, 1.807) is 7.11 Å². The van der Waals surface area contributed by atoms with Crippen molar-refractivity contribution >= 4 is 6.09 Å². The van der Waals surface area contributed by atoms with Gasteiger partial charge in [0.05, 0.1) is 601 Å². The monoisotopic (exact) mass is 2100 g/mol. The number of hydrogen-bond donors (Lipinski definition) is 2. The van der Waals surface area contributed by atoms with Gasteiger partial charge in [-0.15, -0.1) is 0 Å². The summed E-state index contributed by atoms with van der Waals surface area (Å²) in [5, 5.41) is 10.7. The Hall–Kier alpha value is -2.57. The van der Waals surface area contributed by atoms with E-state index in [9.17, 15) is 4.79 Å². The summed E-state index contributed by atoms with van der Waals surface area (Å²) in [5.74, 6) is 0. The average molecular weight is 2100 g/mol. The van der Waals surface area contributed by atoms with E-state index in [0.29, 0.717) is 601 Å². The number of amides is 1. The maximum Gasteiger partial charge on any atom is 0.404 e. The van der Waals surface area contributed by atoms with Crippen molar-refractivity contribution in [3.63, 3.8) is 0 Å². The van der Waals surface area contributed by atoms with E-state index in [1.807, 2.05) is 0 Å². The Morgan fingerprint density at radius 3 is 0.224 bits per heavy atom.